The van der Waals surface area contributed by atoms with Crippen molar-refractivity contribution in [3.63, 3.8) is 0 Å². The summed E-state index contributed by atoms with van der Waals surface area (Å²) in [6, 6.07) is 11.5. The van der Waals surface area contributed by atoms with Crippen LogP contribution in [0, 0.1) is 5.92 Å². The van der Waals surface area contributed by atoms with E-state index in [-0.39, 0.29) is 17.6 Å². The van der Waals surface area contributed by atoms with Gasteiger partial charge in [0.2, 0.25) is 5.91 Å². The first-order chi connectivity index (χ1) is 16.2. The molecule has 8 heteroatoms. The molecule has 2 aliphatic rings. The number of ether oxygens (including phenoxy) is 1. The summed E-state index contributed by atoms with van der Waals surface area (Å²) in [5.74, 6) is 0.382. The number of rotatable bonds is 9. The number of hydrogen-bond donors (Lipinski definition) is 1. The van der Waals surface area contributed by atoms with Crippen LogP contribution in [0.25, 0.3) is 21.6 Å². The fourth-order valence-corrected chi connectivity index (χ4v) is 4.84. The average Bonchev–Trinajstić information content (AvgIpc) is 3.62. The van der Waals surface area contributed by atoms with Gasteiger partial charge in [0.1, 0.15) is 10.3 Å². The maximum atomic E-state index is 12.6. The summed E-state index contributed by atoms with van der Waals surface area (Å²) < 4.78 is 5.37. The smallest absolute Gasteiger partial charge is 0.229 e. The van der Waals surface area contributed by atoms with Crippen molar-refractivity contribution in [3.8, 4) is 11.3 Å². The molecule has 1 saturated carbocycles. The SMILES string of the molecule is O=C(CCCCN1CCOCC1)c1ccc(-c2ccc3nc(NC(=O)C4CC4)sc3n2)cc1. The number of amides is 1. The fourth-order valence-electron chi connectivity index (χ4n) is 4.00. The van der Waals surface area contributed by atoms with Gasteiger partial charge in [-0.25, -0.2) is 9.97 Å². The number of nitrogens with one attached hydrogen (secondary N) is 1. The van der Waals surface area contributed by atoms with E-state index in [2.05, 4.69) is 15.2 Å². The molecule has 1 saturated heterocycles. The summed E-state index contributed by atoms with van der Waals surface area (Å²) in [7, 11) is 0. The zero-order valence-corrected chi connectivity index (χ0v) is 19.4. The molecule has 1 N–H and O–H groups in total. The zero-order chi connectivity index (χ0) is 22.6. The van der Waals surface area contributed by atoms with Crippen LogP contribution in [0.5, 0.6) is 0 Å². The molecule has 7 nitrogen and oxygen atoms in total. The van der Waals surface area contributed by atoms with Gasteiger partial charge in [-0.3, -0.25) is 14.5 Å². The molecule has 0 atom stereocenters. The molecular weight excluding hydrogens is 436 g/mol. The van der Waals surface area contributed by atoms with Crippen molar-refractivity contribution in [1.82, 2.24) is 14.9 Å². The number of Topliss-reactive ketones (excluding diaryl/α,β-unsaturated/α-hetero) is 1. The van der Waals surface area contributed by atoms with Gasteiger partial charge < -0.3 is 10.1 Å². The number of benzene rings is 1. The van der Waals surface area contributed by atoms with Gasteiger partial charge in [-0.1, -0.05) is 35.6 Å². The number of thiazole rings is 1. The predicted octanol–water partition coefficient (Wildman–Crippen LogP) is 4.39. The molecule has 1 aliphatic carbocycles. The second-order valence-electron chi connectivity index (χ2n) is 8.71. The number of fused-ring (bicyclic) bond motifs is 1. The van der Waals surface area contributed by atoms with Gasteiger partial charge >= 0.3 is 0 Å². The lowest BCUT2D eigenvalue weighted by molar-refractivity contribution is -0.117. The lowest BCUT2D eigenvalue weighted by atomic mass is 10.0. The topological polar surface area (TPSA) is 84.4 Å². The molecule has 172 valence electrons. The van der Waals surface area contributed by atoms with Crippen LogP contribution in [0.4, 0.5) is 5.13 Å². The highest BCUT2D eigenvalue weighted by atomic mass is 32.1. The van der Waals surface area contributed by atoms with Crippen molar-refractivity contribution < 1.29 is 14.3 Å². The lowest BCUT2D eigenvalue weighted by Gasteiger charge is -2.26. The molecule has 1 aliphatic heterocycles. The van der Waals surface area contributed by atoms with Crippen molar-refractivity contribution in [3.05, 3.63) is 42.0 Å². The Morgan fingerprint density at radius 3 is 2.58 bits per heavy atom. The molecule has 1 aromatic carbocycles. The zero-order valence-electron chi connectivity index (χ0n) is 18.6. The van der Waals surface area contributed by atoms with E-state index in [0.29, 0.717) is 11.6 Å². The van der Waals surface area contributed by atoms with Crippen molar-refractivity contribution in [2.24, 2.45) is 5.92 Å². The number of ketones is 1. The van der Waals surface area contributed by atoms with Crippen molar-refractivity contribution in [1.29, 1.82) is 0 Å². The molecule has 1 amide bonds. The second kappa shape index (κ2) is 10.1. The van der Waals surface area contributed by atoms with Gasteiger partial charge in [0.15, 0.2) is 10.9 Å². The highest BCUT2D eigenvalue weighted by Crippen LogP contribution is 2.32. The van der Waals surface area contributed by atoms with Gasteiger partial charge in [-0.2, -0.15) is 0 Å². The number of hydrogen-bond acceptors (Lipinski definition) is 7. The first-order valence-electron chi connectivity index (χ1n) is 11.7. The van der Waals surface area contributed by atoms with E-state index in [1.54, 1.807) is 0 Å². The largest absolute Gasteiger partial charge is 0.379 e. The molecule has 0 radical (unpaired) electrons. The third-order valence-electron chi connectivity index (χ3n) is 6.17. The average molecular weight is 465 g/mol. The van der Waals surface area contributed by atoms with E-state index in [0.717, 1.165) is 85.7 Å². The van der Waals surface area contributed by atoms with Crippen LogP contribution in [-0.4, -0.2) is 59.4 Å². The third-order valence-corrected chi connectivity index (χ3v) is 7.05. The Kier molecular flexibility index (Phi) is 6.75. The monoisotopic (exact) mass is 464 g/mol. The van der Waals surface area contributed by atoms with Gasteiger partial charge in [-0.05, 0) is 44.4 Å². The molecule has 0 bridgehead atoms. The number of morpholine rings is 1. The summed E-state index contributed by atoms with van der Waals surface area (Å²) in [5, 5.41) is 3.49. The first-order valence-corrected chi connectivity index (χ1v) is 12.5. The Morgan fingerprint density at radius 1 is 1.03 bits per heavy atom. The minimum atomic E-state index is 0.0515. The number of nitrogens with zero attached hydrogens (tertiary/aromatic N) is 3. The summed E-state index contributed by atoms with van der Waals surface area (Å²) in [5.41, 5.74) is 3.31. The maximum absolute atomic E-state index is 12.6. The molecule has 2 fully saturated rings. The number of carbonyl (C=O) groups is 2. The van der Waals surface area contributed by atoms with Crippen molar-refractivity contribution in [2.45, 2.75) is 32.1 Å². The van der Waals surface area contributed by atoms with E-state index in [4.69, 9.17) is 9.72 Å². The molecular formula is C25H28N4O3S. The third kappa shape index (κ3) is 5.63. The molecule has 3 heterocycles. The summed E-state index contributed by atoms with van der Waals surface area (Å²) in [6.07, 6.45) is 4.44. The van der Waals surface area contributed by atoms with Gasteiger partial charge in [0.05, 0.1) is 18.9 Å². The van der Waals surface area contributed by atoms with Gasteiger partial charge in [0, 0.05) is 36.6 Å². The van der Waals surface area contributed by atoms with Crippen LogP contribution in [0.2, 0.25) is 0 Å². The van der Waals surface area contributed by atoms with Crippen LogP contribution in [0.3, 0.4) is 0 Å². The van der Waals surface area contributed by atoms with Gasteiger partial charge in [-0.15, -0.1) is 0 Å². The van der Waals surface area contributed by atoms with Crippen LogP contribution >= 0.6 is 11.3 Å². The molecule has 0 unspecified atom stereocenters. The normalized spacial score (nSPS) is 16.7. The molecule has 3 aromatic rings. The van der Waals surface area contributed by atoms with E-state index in [1.807, 2.05) is 36.4 Å². The standard InChI is InChI=1S/C25H28N4O3S/c30-22(3-1-2-12-29-13-15-32-16-14-29)18-6-4-17(5-7-18)20-10-11-21-24(26-20)33-25(27-21)28-23(31)19-8-9-19/h4-7,10-11,19H,1-3,8-9,12-16H2,(H,27,28,31). The van der Waals surface area contributed by atoms with E-state index in [9.17, 15) is 9.59 Å². The number of aromatic nitrogens is 2. The summed E-state index contributed by atoms with van der Waals surface area (Å²) >= 11 is 1.39. The van der Waals surface area contributed by atoms with E-state index < -0.39 is 0 Å². The first kappa shape index (κ1) is 22.1. The Morgan fingerprint density at radius 2 is 1.82 bits per heavy atom. The highest BCUT2D eigenvalue weighted by molar-refractivity contribution is 7.22. The molecule has 33 heavy (non-hydrogen) atoms. The summed E-state index contributed by atoms with van der Waals surface area (Å²) in [4.78, 5) is 36.9. The summed E-state index contributed by atoms with van der Waals surface area (Å²) in [6.45, 7) is 4.65. The fraction of sp³-hybridized carbons (Fsp3) is 0.440. The van der Waals surface area contributed by atoms with Crippen LogP contribution in [0.1, 0.15) is 42.5 Å². The second-order valence-corrected chi connectivity index (χ2v) is 9.69. The number of unbranched alkanes of at least 4 members (excludes halogenated alkanes) is 1. The Labute approximate surface area is 197 Å². The number of carbonyl (C=O) groups excluding carboxylic acids is 2. The molecule has 5 rings (SSSR count). The van der Waals surface area contributed by atoms with Gasteiger partial charge in [0.25, 0.3) is 0 Å². The Bertz CT molecular complexity index is 1130. The Balaban J connectivity index is 1.16. The van der Waals surface area contributed by atoms with Crippen LogP contribution in [0.15, 0.2) is 36.4 Å². The lowest BCUT2D eigenvalue weighted by Crippen LogP contribution is -2.36. The minimum absolute atomic E-state index is 0.0515. The van der Waals surface area contributed by atoms with Crippen LogP contribution in [-0.2, 0) is 9.53 Å². The van der Waals surface area contributed by atoms with E-state index >= 15 is 0 Å². The highest BCUT2D eigenvalue weighted by Gasteiger charge is 2.30. The Hall–Kier alpha value is -2.68. The van der Waals surface area contributed by atoms with Crippen molar-refractivity contribution >= 4 is 38.5 Å². The van der Waals surface area contributed by atoms with Crippen molar-refractivity contribution in [2.75, 3.05) is 38.2 Å². The molecule has 2 aromatic heterocycles. The van der Waals surface area contributed by atoms with E-state index in [1.165, 1.54) is 11.3 Å². The maximum Gasteiger partial charge on any atom is 0.229 e. The minimum Gasteiger partial charge on any atom is -0.379 e. The number of anilines is 1. The predicted molar refractivity (Wildman–Crippen MR) is 130 cm³/mol. The van der Waals surface area contributed by atoms with Crippen LogP contribution < -0.4 is 5.32 Å². The number of pyridine rings is 1. The molecule has 0 spiro atoms. The quantitative estimate of drug-likeness (QED) is 0.373.